The van der Waals surface area contributed by atoms with Gasteiger partial charge in [0.1, 0.15) is 11.6 Å². The van der Waals surface area contributed by atoms with Crippen LogP contribution in [-0.4, -0.2) is 32.8 Å². The predicted molar refractivity (Wildman–Crippen MR) is 108 cm³/mol. The third kappa shape index (κ3) is 3.38. The molecule has 8 heteroatoms. The Balaban J connectivity index is 1.43. The van der Waals surface area contributed by atoms with Gasteiger partial charge in [-0.15, -0.1) is 0 Å². The van der Waals surface area contributed by atoms with Crippen molar-refractivity contribution in [1.82, 2.24) is 19.4 Å². The van der Waals surface area contributed by atoms with Gasteiger partial charge in [0, 0.05) is 32.1 Å². The van der Waals surface area contributed by atoms with E-state index in [0.29, 0.717) is 28.0 Å². The van der Waals surface area contributed by atoms with E-state index in [0.717, 1.165) is 36.8 Å². The summed E-state index contributed by atoms with van der Waals surface area (Å²) >= 11 is 6.45. The fourth-order valence-electron chi connectivity index (χ4n) is 4.13. The van der Waals surface area contributed by atoms with Gasteiger partial charge in [-0.3, -0.25) is 4.90 Å². The molecule has 152 valence electrons. The minimum atomic E-state index is 0.203. The van der Waals surface area contributed by atoms with Gasteiger partial charge in [-0.25, -0.2) is 9.97 Å². The van der Waals surface area contributed by atoms with Gasteiger partial charge in [0.2, 0.25) is 12.7 Å². The van der Waals surface area contributed by atoms with Crippen LogP contribution in [0.1, 0.15) is 42.6 Å². The van der Waals surface area contributed by atoms with Gasteiger partial charge in [-0.05, 0) is 32.4 Å². The Morgan fingerprint density at radius 1 is 1.21 bits per heavy atom. The lowest BCUT2D eigenvalue weighted by atomic mass is 10.0. The van der Waals surface area contributed by atoms with Gasteiger partial charge in [0.25, 0.3) is 0 Å². The third-order valence-corrected chi connectivity index (χ3v) is 6.02. The highest BCUT2D eigenvalue weighted by atomic mass is 35.5. The summed E-state index contributed by atoms with van der Waals surface area (Å²) in [6.45, 7) is 3.89. The maximum Gasteiger partial charge on any atom is 0.231 e. The van der Waals surface area contributed by atoms with E-state index in [2.05, 4.69) is 21.5 Å². The summed E-state index contributed by atoms with van der Waals surface area (Å²) in [4.78, 5) is 11.8. The second-order valence-corrected chi connectivity index (χ2v) is 7.99. The van der Waals surface area contributed by atoms with E-state index in [1.54, 1.807) is 6.07 Å². The SMILES string of the molecule is Cc1oc(-c2cc3c(cc2Cl)OCO3)nc1CN1CCCCC1c1nccn1C. The highest BCUT2D eigenvalue weighted by Crippen LogP contribution is 2.41. The number of aryl methyl sites for hydroxylation is 2. The number of hydrogen-bond donors (Lipinski definition) is 0. The molecule has 1 fully saturated rings. The maximum absolute atomic E-state index is 6.45. The normalized spacial score (nSPS) is 19.1. The molecule has 0 aliphatic carbocycles. The van der Waals surface area contributed by atoms with Gasteiger partial charge >= 0.3 is 0 Å². The fourth-order valence-corrected chi connectivity index (χ4v) is 4.37. The molecule has 1 unspecified atom stereocenters. The molecule has 0 bridgehead atoms. The smallest absolute Gasteiger partial charge is 0.231 e. The van der Waals surface area contributed by atoms with Crippen LogP contribution in [0.15, 0.2) is 28.9 Å². The van der Waals surface area contributed by atoms with Crippen LogP contribution in [-0.2, 0) is 13.6 Å². The molecule has 0 radical (unpaired) electrons. The lowest BCUT2D eigenvalue weighted by molar-refractivity contribution is 0.129. The number of piperidine rings is 1. The number of likely N-dealkylation sites (tertiary alicyclic amines) is 1. The summed E-state index contributed by atoms with van der Waals surface area (Å²) in [6, 6.07) is 3.87. The minimum absolute atomic E-state index is 0.203. The van der Waals surface area contributed by atoms with Crippen molar-refractivity contribution in [2.24, 2.45) is 7.05 Å². The zero-order chi connectivity index (χ0) is 20.0. The number of ether oxygens (including phenoxy) is 2. The first-order valence-electron chi connectivity index (χ1n) is 9.87. The monoisotopic (exact) mass is 414 g/mol. The van der Waals surface area contributed by atoms with Crippen LogP contribution in [0.2, 0.25) is 5.02 Å². The van der Waals surface area contributed by atoms with Crippen molar-refractivity contribution >= 4 is 11.6 Å². The van der Waals surface area contributed by atoms with Gasteiger partial charge in [0.05, 0.1) is 22.3 Å². The first kappa shape index (κ1) is 18.5. The van der Waals surface area contributed by atoms with Crippen molar-refractivity contribution in [2.45, 2.75) is 38.8 Å². The molecule has 29 heavy (non-hydrogen) atoms. The van der Waals surface area contributed by atoms with Crippen molar-refractivity contribution in [3.63, 3.8) is 0 Å². The highest BCUT2D eigenvalue weighted by Gasteiger charge is 2.29. The number of oxazole rings is 1. The topological polar surface area (TPSA) is 65.6 Å². The lowest BCUT2D eigenvalue weighted by Gasteiger charge is -2.34. The number of rotatable bonds is 4. The summed E-state index contributed by atoms with van der Waals surface area (Å²) in [7, 11) is 2.05. The van der Waals surface area contributed by atoms with Gasteiger partial charge in [-0.2, -0.15) is 0 Å². The van der Waals surface area contributed by atoms with E-state index in [-0.39, 0.29) is 12.8 Å². The number of halogens is 1. The van der Waals surface area contributed by atoms with Crippen LogP contribution in [0.25, 0.3) is 11.5 Å². The molecule has 1 aromatic carbocycles. The number of benzene rings is 1. The molecule has 2 aromatic heterocycles. The molecule has 4 heterocycles. The average molecular weight is 415 g/mol. The van der Waals surface area contributed by atoms with Crippen LogP contribution in [0.5, 0.6) is 11.5 Å². The van der Waals surface area contributed by atoms with Gasteiger partial charge in [-0.1, -0.05) is 18.0 Å². The van der Waals surface area contributed by atoms with Gasteiger partial charge < -0.3 is 18.5 Å². The van der Waals surface area contributed by atoms with E-state index in [1.807, 2.05) is 25.4 Å². The molecule has 0 saturated carbocycles. The molecule has 3 aromatic rings. The molecule has 7 nitrogen and oxygen atoms in total. The number of hydrogen-bond acceptors (Lipinski definition) is 6. The van der Waals surface area contributed by atoms with Crippen LogP contribution in [0.4, 0.5) is 0 Å². The Bertz CT molecular complexity index is 1040. The van der Waals surface area contributed by atoms with Crippen LogP contribution in [0, 0.1) is 6.92 Å². The molecule has 0 N–H and O–H groups in total. The first-order chi connectivity index (χ1) is 14.1. The minimum Gasteiger partial charge on any atom is -0.454 e. The zero-order valence-electron chi connectivity index (χ0n) is 16.5. The molecule has 2 aliphatic heterocycles. The van der Waals surface area contributed by atoms with Crippen molar-refractivity contribution < 1.29 is 13.9 Å². The molecule has 2 aliphatic rings. The second-order valence-electron chi connectivity index (χ2n) is 7.59. The molecular weight excluding hydrogens is 392 g/mol. The van der Waals surface area contributed by atoms with E-state index in [1.165, 1.54) is 12.8 Å². The summed E-state index contributed by atoms with van der Waals surface area (Å²) in [5.41, 5.74) is 1.64. The average Bonchev–Trinajstić information content (AvgIpc) is 3.42. The summed E-state index contributed by atoms with van der Waals surface area (Å²) in [5, 5.41) is 0.533. The number of fused-ring (bicyclic) bond motifs is 1. The Hall–Kier alpha value is -2.51. The largest absolute Gasteiger partial charge is 0.454 e. The summed E-state index contributed by atoms with van der Waals surface area (Å²) in [5.74, 6) is 3.72. The summed E-state index contributed by atoms with van der Waals surface area (Å²) in [6.07, 6.45) is 7.36. The van der Waals surface area contributed by atoms with Gasteiger partial charge in [0.15, 0.2) is 11.5 Å². The predicted octanol–water partition coefficient (Wildman–Crippen LogP) is 4.49. The molecule has 0 spiro atoms. The highest BCUT2D eigenvalue weighted by molar-refractivity contribution is 6.33. The van der Waals surface area contributed by atoms with E-state index < -0.39 is 0 Å². The van der Waals surface area contributed by atoms with Crippen molar-refractivity contribution in [2.75, 3.05) is 13.3 Å². The number of aromatic nitrogens is 3. The van der Waals surface area contributed by atoms with E-state index >= 15 is 0 Å². The molecule has 5 rings (SSSR count). The molecule has 0 amide bonds. The standard InChI is InChI=1S/C21H23ClN4O3/c1-13-16(11-26-7-4-3-5-17(26)20-23-6-8-25(20)2)24-21(29-13)14-9-18-19(10-15(14)22)28-12-27-18/h6,8-10,17H,3-5,7,11-12H2,1-2H3. The van der Waals surface area contributed by atoms with Crippen molar-refractivity contribution in [3.8, 4) is 23.0 Å². The Kier molecular flexibility index (Phi) is 4.72. The summed E-state index contributed by atoms with van der Waals surface area (Å²) < 4.78 is 19.0. The maximum atomic E-state index is 6.45. The Morgan fingerprint density at radius 3 is 2.83 bits per heavy atom. The van der Waals surface area contributed by atoms with Crippen LogP contribution < -0.4 is 9.47 Å². The lowest BCUT2D eigenvalue weighted by Crippen LogP contribution is -2.34. The number of imidazole rings is 1. The second kappa shape index (κ2) is 7.39. The Morgan fingerprint density at radius 2 is 2.03 bits per heavy atom. The van der Waals surface area contributed by atoms with Crippen LogP contribution in [0.3, 0.4) is 0 Å². The fraction of sp³-hybridized carbons (Fsp3) is 0.429. The molecular formula is C21H23ClN4O3. The first-order valence-corrected chi connectivity index (χ1v) is 10.2. The van der Waals surface area contributed by atoms with Crippen LogP contribution >= 0.6 is 11.6 Å². The van der Waals surface area contributed by atoms with Crippen molar-refractivity contribution in [1.29, 1.82) is 0 Å². The number of nitrogens with zero attached hydrogens (tertiary/aromatic N) is 4. The molecule has 1 atom stereocenters. The van der Waals surface area contributed by atoms with Crippen molar-refractivity contribution in [3.05, 3.63) is 46.8 Å². The third-order valence-electron chi connectivity index (χ3n) is 5.71. The van der Waals surface area contributed by atoms with E-state index in [4.69, 9.17) is 30.5 Å². The molecule has 1 saturated heterocycles. The zero-order valence-corrected chi connectivity index (χ0v) is 17.3. The Labute approximate surface area is 174 Å². The van der Waals surface area contributed by atoms with E-state index in [9.17, 15) is 0 Å². The quantitative estimate of drug-likeness (QED) is 0.626.